The van der Waals surface area contributed by atoms with E-state index in [9.17, 15) is 24.3 Å². The highest BCUT2D eigenvalue weighted by molar-refractivity contribution is 5.90. The Morgan fingerprint density at radius 1 is 0.966 bits per heavy atom. The van der Waals surface area contributed by atoms with Crippen molar-refractivity contribution in [2.75, 3.05) is 20.8 Å². The Balaban J connectivity index is 2.66. The normalized spacial score (nSPS) is 13.4. The molecule has 0 aliphatic heterocycles. The van der Waals surface area contributed by atoms with Crippen molar-refractivity contribution in [3.63, 3.8) is 0 Å². The first-order valence-corrected chi connectivity index (χ1v) is 8.86. The number of alkyl carbamates (subject to hydrolysis) is 1. The molecule has 0 radical (unpaired) electrons. The zero-order valence-electron chi connectivity index (χ0n) is 16.5. The number of rotatable bonds is 10. The smallest absolute Gasteiger partial charge is 0.408 e. The van der Waals surface area contributed by atoms with Crippen molar-refractivity contribution >= 4 is 23.9 Å². The molecule has 0 heterocycles. The number of amides is 2. The van der Waals surface area contributed by atoms with E-state index in [4.69, 9.17) is 4.74 Å². The summed E-state index contributed by atoms with van der Waals surface area (Å²) in [5.74, 6) is -2.87. The second-order valence-corrected chi connectivity index (χ2v) is 6.19. The van der Waals surface area contributed by atoms with Gasteiger partial charge in [-0.1, -0.05) is 37.3 Å². The van der Waals surface area contributed by atoms with Crippen molar-refractivity contribution in [2.45, 2.75) is 32.0 Å². The number of aliphatic hydroxyl groups is 1. The van der Waals surface area contributed by atoms with Gasteiger partial charge in [-0.2, -0.15) is 0 Å². The van der Waals surface area contributed by atoms with Gasteiger partial charge in [-0.3, -0.25) is 9.59 Å². The third-order valence-corrected chi connectivity index (χ3v) is 4.00. The maximum Gasteiger partial charge on any atom is 0.408 e. The van der Waals surface area contributed by atoms with Crippen LogP contribution in [-0.4, -0.2) is 62.0 Å². The van der Waals surface area contributed by atoms with Crippen molar-refractivity contribution < 1.29 is 38.5 Å². The average Bonchev–Trinajstić information content (AvgIpc) is 2.74. The molecule has 0 bridgehead atoms. The van der Waals surface area contributed by atoms with Crippen LogP contribution in [0.25, 0.3) is 0 Å². The van der Waals surface area contributed by atoms with Crippen LogP contribution in [0.3, 0.4) is 0 Å². The van der Waals surface area contributed by atoms with Gasteiger partial charge in [-0.25, -0.2) is 9.59 Å². The Morgan fingerprint density at radius 3 is 2.14 bits per heavy atom. The summed E-state index contributed by atoms with van der Waals surface area (Å²) in [6, 6.07) is 6.36. The average molecular weight is 410 g/mol. The second-order valence-electron chi connectivity index (χ2n) is 6.19. The topological polar surface area (TPSA) is 140 Å². The van der Waals surface area contributed by atoms with Crippen LogP contribution in [0.2, 0.25) is 0 Å². The maximum atomic E-state index is 12.4. The van der Waals surface area contributed by atoms with E-state index in [1.54, 1.807) is 24.3 Å². The van der Waals surface area contributed by atoms with Gasteiger partial charge in [0, 0.05) is 0 Å². The number of carbonyl (C=O) groups is 4. The highest BCUT2D eigenvalue weighted by atomic mass is 16.5. The zero-order valence-corrected chi connectivity index (χ0v) is 16.5. The lowest BCUT2D eigenvalue weighted by molar-refractivity contribution is -0.149. The number of nitrogens with one attached hydrogen (secondary N) is 2. The summed E-state index contributed by atoms with van der Waals surface area (Å²) in [7, 11) is 2.34. The molecule has 1 aromatic rings. The fraction of sp³-hybridized carbons (Fsp3) is 0.474. The van der Waals surface area contributed by atoms with E-state index in [1.165, 1.54) is 14.0 Å². The number of benzene rings is 1. The molecule has 1 rings (SSSR count). The fourth-order valence-electron chi connectivity index (χ4n) is 2.38. The Labute approximate surface area is 168 Å². The molecule has 0 unspecified atom stereocenters. The van der Waals surface area contributed by atoms with Crippen LogP contribution in [0.1, 0.15) is 18.9 Å². The predicted octanol–water partition coefficient (Wildman–Crippen LogP) is 0.131. The molecule has 0 spiro atoms. The van der Waals surface area contributed by atoms with Gasteiger partial charge in [0.15, 0.2) is 0 Å². The molecular formula is C19H26N2O8. The van der Waals surface area contributed by atoms with Gasteiger partial charge >= 0.3 is 18.0 Å². The number of esters is 2. The zero-order chi connectivity index (χ0) is 21.8. The van der Waals surface area contributed by atoms with E-state index in [0.717, 1.165) is 12.7 Å². The first kappa shape index (κ1) is 23.9. The van der Waals surface area contributed by atoms with Gasteiger partial charge in [0.1, 0.15) is 18.7 Å². The first-order valence-electron chi connectivity index (χ1n) is 8.86. The summed E-state index contributed by atoms with van der Waals surface area (Å²) in [5, 5.41) is 14.0. The molecule has 2 amide bonds. The van der Waals surface area contributed by atoms with Crippen LogP contribution in [0.15, 0.2) is 30.3 Å². The Bertz CT molecular complexity index is 695. The minimum absolute atomic E-state index is 0.0200. The van der Waals surface area contributed by atoms with E-state index in [1.807, 2.05) is 6.07 Å². The number of aliphatic hydroxyl groups excluding tert-OH is 1. The minimum atomic E-state index is -1.36. The molecule has 1 aromatic carbocycles. The van der Waals surface area contributed by atoms with E-state index in [2.05, 4.69) is 20.1 Å². The molecule has 0 aromatic heterocycles. The van der Waals surface area contributed by atoms with Crippen LogP contribution in [0.5, 0.6) is 0 Å². The highest BCUT2D eigenvalue weighted by Crippen LogP contribution is 2.10. The molecule has 0 saturated carbocycles. The molecule has 160 valence electrons. The Kier molecular flexibility index (Phi) is 10.2. The number of hydrogen-bond acceptors (Lipinski definition) is 8. The van der Waals surface area contributed by atoms with Gasteiger partial charge < -0.3 is 30.0 Å². The van der Waals surface area contributed by atoms with Crippen molar-refractivity contribution in [3.05, 3.63) is 35.9 Å². The molecular weight excluding hydrogens is 384 g/mol. The van der Waals surface area contributed by atoms with Gasteiger partial charge in [0.25, 0.3) is 0 Å². The van der Waals surface area contributed by atoms with Gasteiger partial charge in [-0.15, -0.1) is 0 Å². The summed E-state index contributed by atoms with van der Waals surface area (Å²) < 4.78 is 14.2. The first-order chi connectivity index (χ1) is 13.8. The van der Waals surface area contributed by atoms with Crippen molar-refractivity contribution in [1.82, 2.24) is 10.6 Å². The predicted molar refractivity (Wildman–Crippen MR) is 100 cm³/mol. The monoisotopic (exact) mass is 410 g/mol. The van der Waals surface area contributed by atoms with Crippen LogP contribution in [0, 0.1) is 5.92 Å². The molecule has 0 fully saturated rings. The van der Waals surface area contributed by atoms with E-state index >= 15 is 0 Å². The summed E-state index contributed by atoms with van der Waals surface area (Å²) >= 11 is 0. The molecule has 3 N–H and O–H groups in total. The Morgan fingerprint density at radius 2 is 1.59 bits per heavy atom. The van der Waals surface area contributed by atoms with Gasteiger partial charge in [-0.05, 0) is 12.0 Å². The molecule has 29 heavy (non-hydrogen) atoms. The lowest BCUT2D eigenvalue weighted by Gasteiger charge is -2.22. The molecule has 0 aliphatic carbocycles. The van der Waals surface area contributed by atoms with Gasteiger partial charge in [0.05, 0.1) is 26.7 Å². The third kappa shape index (κ3) is 8.18. The van der Waals surface area contributed by atoms with Gasteiger partial charge in [0.2, 0.25) is 5.91 Å². The van der Waals surface area contributed by atoms with Crippen molar-refractivity contribution in [1.29, 1.82) is 0 Å². The molecule has 3 atom stereocenters. The number of ether oxygens (including phenoxy) is 3. The molecule has 10 nitrogen and oxygen atoms in total. The van der Waals surface area contributed by atoms with E-state index < -0.39 is 48.5 Å². The van der Waals surface area contributed by atoms with Crippen LogP contribution in [0.4, 0.5) is 4.79 Å². The fourth-order valence-corrected chi connectivity index (χ4v) is 2.38. The Hall–Kier alpha value is -3.14. The maximum absolute atomic E-state index is 12.4. The third-order valence-electron chi connectivity index (χ3n) is 4.00. The number of hydrogen-bond donors (Lipinski definition) is 3. The second kappa shape index (κ2) is 12.3. The van der Waals surface area contributed by atoms with Crippen LogP contribution >= 0.6 is 0 Å². The molecule has 0 aliphatic rings. The molecule has 10 heteroatoms. The standard InChI is InChI=1S/C19H26N2O8/c1-12(17(24)27-2)9-14(18(25)28-3)20-16(23)15(10-22)21-19(26)29-11-13-7-5-4-6-8-13/h4-8,12,14-15,22H,9-11H2,1-3H3,(H,20,23)(H,21,26)/t12-,14-,15-/m0/s1. The minimum Gasteiger partial charge on any atom is -0.469 e. The van der Waals surface area contributed by atoms with Crippen molar-refractivity contribution in [2.24, 2.45) is 5.92 Å². The van der Waals surface area contributed by atoms with E-state index in [-0.39, 0.29) is 13.0 Å². The lowest BCUT2D eigenvalue weighted by Crippen LogP contribution is -2.53. The largest absolute Gasteiger partial charge is 0.469 e. The quantitative estimate of drug-likeness (QED) is 0.365. The van der Waals surface area contributed by atoms with E-state index in [0.29, 0.717) is 0 Å². The molecule has 0 saturated heterocycles. The summed E-state index contributed by atoms with van der Waals surface area (Å²) in [6.07, 6.45) is -0.998. The number of methoxy groups -OCH3 is 2. The lowest BCUT2D eigenvalue weighted by atomic mass is 10.0. The highest BCUT2D eigenvalue weighted by Gasteiger charge is 2.30. The van der Waals surface area contributed by atoms with Crippen LogP contribution < -0.4 is 10.6 Å². The van der Waals surface area contributed by atoms with Crippen LogP contribution in [-0.2, 0) is 35.2 Å². The summed E-state index contributed by atoms with van der Waals surface area (Å²) in [4.78, 5) is 47.8. The SMILES string of the molecule is COC(=O)[C@H](C[C@H](C)C(=O)OC)NC(=O)[C@H](CO)NC(=O)OCc1ccccc1. The number of carbonyl (C=O) groups excluding carboxylic acids is 4. The summed E-state index contributed by atoms with van der Waals surface area (Å²) in [6.45, 7) is 0.775. The summed E-state index contributed by atoms with van der Waals surface area (Å²) in [5.41, 5.74) is 0.746. The van der Waals surface area contributed by atoms with Crippen molar-refractivity contribution in [3.8, 4) is 0 Å².